The van der Waals surface area contributed by atoms with E-state index >= 15 is 0 Å². The number of rotatable bonds is 6. The highest BCUT2D eigenvalue weighted by Gasteiger charge is 2.21. The summed E-state index contributed by atoms with van der Waals surface area (Å²) in [5.41, 5.74) is 2.40. The second kappa shape index (κ2) is 10.2. The second-order valence-electron chi connectivity index (χ2n) is 7.81. The van der Waals surface area contributed by atoms with Crippen LogP contribution in [0, 0.1) is 3.57 Å². The monoisotopic (exact) mass is 611 g/mol. The highest BCUT2D eigenvalue weighted by molar-refractivity contribution is 14.1. The summed E-state index contributed by atoms with van der Waals surface area (Å²) in [5, 5.41) is 3.92. The van der Waals surface area contributed by atoms with Gasteiger partial charge in [-0.05, 0) is 64.9 Å². The molecule has 180 valence electrons. The molecular formula is C25H19ClIN7O2. The molecule has 5 rings (SSSR count). The molecule has 36 heavy (non-hydrogen) atoms. The molecule has 0 radical (unpaired) electrons. The Balaban J connectivity index is 1.73. The molecule has 0 bridgehead atoms. The van der Waals surface area contributed by atoms with Gasteiger partial charge in [-0.2, -0.15) is 4.98 Å². The van der Waals surface area contributed by atoms with E-state index in [0.29, 0.717) is 39.4 Å². The summed E-state index contributed by atoms with van der Waals surface area (Å²) in [7, 11) is 1.50. The Morgan fingerprint density at radius 3 is 2.47 bits per heavy atom. The summed E-state index contributed by atoms with van der Waals surface area (Å²) >= 11 is 8.15. The van der Waals surface area contributed by atoms with E-state index in [0.717, 1.165) is 3.57 Å². The van der Waals surface area contributed by atoms with E-state index in [1.54, 1.807) is 23.2 Å². The lowest BCUT2D eigenvalue weighted by molar-refractivity contribution is 0.380. The average Bonchev–Trinajstić information content (AvgIpc) is 2.90. The number of methoxy groups -OCH3 is 1. The van der Waals surface area contributed by atoms with E-state index in [2.05, 4.69) is 47.8 Å². The molecule has 0 saturated carbocycles. The van der Waals surface area contributed by atoms with Crippen molar-refractivity contribution in [3.05, 3.63) is 92.2 Å². The standard InChI is InChI=1S/C25H19ClIN7O2/c1-14(31-21-18(27)13-28-24(26)33-21)22-32-19-10-6-9-17(15-11-29-25(36-2)30-12-15)20(19)23(35)34(22)16-7-4-3-5-8-16/h3-14H,1-2H3,(H,28,31,33). The van der Waals surface area contributed by atoms with Crippen molar-refractivity contribution in [3.63, 3.8) is 0 Å². The average molecular weight is 612 g/mol. The predicted octanol–water partition coefficient (Wildman–Crippen LogP) is 5.07. The van der Waals surface area contributed by atoms with Crippen LogP contribution in [0.15, 0.2) is 71.9 Å². The predicted molar refractivity (Wildman–Crippen MR) is 147 cm³/mol. The first-order valence-corrected chi connectivity index (χ1v) is 12.3. The summed E-state index contributed by atoms with van der Waals surface area (Å²) in [6, 6.07) is 14.8. The first kappa shape index (κ1) is 24.1. The quantitative estimate of drug-likeness (QED) is 0.210. The maximum atomic E-state index is 14.1. The van der Waals surface area contributed by atoms with Crippen LogP contribution in [0.2, 0.25) is 5.28 Å². The molecule has 0 spiro atoms. The number of para-hydroxylation sites is 1. The number of nitrogens with zero attached hydrogens (tertiary/aromatic N) is 6. The minimum absolute atomic E-state index is 0.128. The Kier molecular flexibility index (Phi) is 6.79. The molecule has 1 N–H and O–H groups in total. The molecule has 0 amide bonds. The van der Waals surface area contributed by atoms with Crippen LogP contribution in [0.25, 0.3) is 27.7 Å². The second-order valence-corrected chi connectivity index (χ2v) is 9.31. The minimum Gasteiger partial charge on any atom is -0.467 e. The largest absolute Gasteiger partial charge is 0.467 e. The molecule has 0 aliphatic heterocycles. The zero-order valence-electron chi connectivity index (χ0n) is 19.2. The number of aromatic nitrogens is 6. The van der Waals surface area contributed by atoms with Gasteiger partial charge < -0.3 is 10.1 Å². The fourth-order valence-electron chi connectivity index (χ4n) is 3.88. The third-order valence-electron chi connectivity index (χ3n) is 5.51. The number of benzene rings is 2. The fraction of sp³-hybridized carbons (Fsp3) is 0.120. The van der Waals surface area contributed by atoms with Crippen LogP contribution >= 0.6 is 34.2 Å². The summed E-state index contributed by atoms with van der Waals surface area (Å²) in [4.78, 5) is 35.8. The third-order valence-corrected chi connectivity index (χ3v) is 6.49. The summed E-state index contributed by atoms with van der Waals surface area (Å²) in [6.07, 6.45) is 4.89. The van der Waals surface area contributed by atoms with Crippen molar-refractivity contribution in [2.45, 2.75) is 13.0 Å². The Morgan fingerprint density at radius 1 is 1.00 bits per heavy atom. The number of hydrogen-bond acceptors (Lipinski definition) is 8. The lowest BCUT2D eigenvalue weighted by Gasteiger charge is -2.21. The zero-order valence-corrected chi connectivity index (χ0v) is 22.1. The molecule has 9 nitrogen and oxygen atoms in total. The molecule has 0 saturated heterocycles. The van der Waals surface area contributed by atoms with Crippen molar-refractivity contribution >= 4 is 50.9 Å². The first-order valence-electron chi connectivity index (χ1n) is 10.9. The van der Waals surface area contributed by atoms with Gasteiger partial charge >= 0.3 is 6.01 Å². The van der Waals surface area contributed by atoms with Crippen LogP contribution in [-0.4, -0.2) is 36.6 Å². The molecule has 5 aromatic rings. The van der Waals surface area contributed by atoms with Gasteiger partial charge in [-0.1, -0.05) is 30.3 Å². The molecule has 2 aromatic carbocycles. The number of hydrogen-bond donors (Lipinski definition) is 1. The van der Waals surface area contributed by atoms with Crippen LogP contribution in [0.5, 0.6) is 6.01 Å². The zero-order chi connectivity index (χ0) is 25.2. The maximum Gasteiger partial charge on any atom is 0.316 e. The summed E-state index contributed by atoms with van der Waals surface area (Å²) in [6.45, 7) is 1.92. The Labute approximate surface area is 224 Å². The molecule has 1 unspecified atom stereocenters. The molecule has 3 heterocycles. The maximum absolute atomic E-state index is 14.1. The van der Waals surface area contributed by atoms with Gasteiger partial charge in [0.15, 0.2) is 0 Å². The Morgan fingerprint density at radius 2 is 1.75 bits per heavy atom. The van der Waals surface area contributed by atoms with E-state index in [4.69, 9.17) is 21.3 Å². The number of nitrogens with one attached hydrogen (secondary N) is 1. The van der Waals surface area contributed by atoms with Gasteiger partial charge in [-0.25, -0.2) is 19.9 Å². The van der Waals surface area contributed by atoms with E-state index in [1.165, 1.54) is 7.11 Å². The molecular weight excluding hydrogens is 593 g/mol. The highest BCUT2D eigenvalue weighted by atomic mass is 127. The summed E-state index contributed by atoms with van der Waals surface area (Å²) in [5.74, 6) is 1.08. The van der Waals surface area contributed by atoms with Crippen LogP contribution in [0.1, 0.15) is 18.8 Å². The van der Waals surface area contributed by atoms with Gasteiger partial charge in [-0.3, -0.25) is 9.36 Å². The molecule has 1 atom stereocenters. The van der Waals surface area contributed by atoms with E-state index in [1.807, 2.05) is 55.5 Å². The van der Waals surface area contributed by atoms with E-state index < -0.39 is 6.04 Å². The van der Waals surface area contributed by atoms with Crippen LogP contribution in [-0.2, 0) is 0 Å². The normalized spacial score (nSPS) is 11.9. The lowest BCUT2D eigenvalue weighted by atomic mass is 10.0. The van der Waals surface area contributed by atoms with Crippen molar-refractivity contribution in [2.24, 2.45) is 0 Å². The molecule has 0 aliphatic carbocycles. The highest BCUT2D eigenvalue weighted by Crippen LogP contribution is 2.28. The molecule has 0 fully saturated rings. The minimum atomic E-state index is -0.394. The fourth-order valence-corrected chi connectivity index (χ4v) is 4.43. The number of fused-ring (bicyclic) bond motifs is 1. The van der Waals surface area contributed by atoms with Gasteiger partial charge in [0.05, 0.1) is 33.3 Å². The van der Waals surface area contributed by atoms with Gasteiger partial charge in [0.1, 0.15) is 11.6 Å². The van der Waals surface area contributed by atoms with Gasteiger partial charge in [0, 0.05) is 24.2 Å². The third kappa shape index (κ3) is 4.61. The topological polar surface area (TPSA) is 108 Å². The number of ether oxygens (including phenoxy) is 1. The van der Waals surface area contributed by atoms with Crippen molar-refractivity contribution in [1.29, 1.82) is 0 Å². The van der Waals surface area contributed by atoms with Gasteiger partial charge in [-0.15, -0.1) is 0 Å². The number of halogens is 2. The van der Waals surface area contributed by atoms with Crippen molar-refractivity contribution in [1.82, 2.24) is 29.5 Å². The van der Waals surface area contributed by atoms with Crippen molar-refractivity contribution in [3.8, 4) is 22.8 Å². The smallest absolute Gasteiger partial charge is 0.316 e. The molecule has 0 aliphatic rings. The van der Waals surface area contributed by atoms with Crippen LogP contribution < -0.4 is 15.6 Å². The SMILES string of the molecule is COc1ncc(-c2cccc3nc(C(C)Nc4nc(Cl)ncc4I)n(-c4ccccc4)c(=O)c23)cn1. The van der Waals surface area contributed by atoms with E-state index in [9.17, 15) is 4.79 Å². The van der Waals surface area contributed by atoms with Crippen molar-refractivity contribution in [2.75, 3.05) is 12.4 Å². The van der Waals surface area contributed by atoms with Gasteiger partial charge in [0.25, 0.3) is 5.56 Å². The molecule has 3 aromatic heterocycles. The molecule has 11 heteroatoms. The Hall–Kier alpha value is -3.64. The van der Waals surface area contributed by atoms with Crippen LogP contribution in [0.3, 0.4) is 0 Å². The van der Waals surface area contributed by atoms with E-state index in [-0.39, 0.29) is 16.9 Å². The van der Waals surface area contributed by atoms with Crippen LogP contribution in [0.4, 0.5) is 5.82 Å². The lowest BCUT2D eigenvalue weighted by Crippen LogP contribution is -2.28. The van der Waals surface area contributed by atoms with Gasteiger partial charge in [0.2, 0.25) is 5.28 Å². The summed E-state index contributed by atoms with van der Waals surface area (Å²) < 4.78 is 7.48. The number of anilines is 1. The van der Waals surface area contributed by atoms with Crippen molar-refractivity contribution < 1.29 is 4.74 Å². The Bertz CT molecular complexity index is 1610. The first-order chi connectivity index (χ1) is 17.5.